The van der Waals surface area contributed by atoms with Crippen molar-refractivity contribution in [3.8, 4) is 0 Å². The number of aromatic nitrogens is 1. The van der Waals surface area contributed by atoms with Gasteiger partial charge < -0.3 is 10.4 Å². The molecule has 2 N–H and O–H groups in total. The average Bonchev–Trinajstić information content (AvgIpc) is 3.21. The number of hydrogen-bond acceptors (Lipinski definition) is 4. The highest BCUT2D eigenvalue weighted by atomic mass is 32.1. The maximum Gasteiger partial charge on any atom is 0.184 e. The van der Waals surface area contributed by atoms with Gasteiger partial charge in [0.25, 0.3) is 0 Å². The van der Waals surface area contributed by atoms with E-state index in [4.69, 9.17) is 4.98 Å². The smallest absolute Gasteiger partial charge is 0.184 e. The lowest BCUT2D eigenvalue weighted by Crippen LogP contribution is -2.38. The van der Waals surface area contributed by atoms with Crippen molar-refractivity contribution in [2.24, 2.45) is 0 Å². The van der Waals surface area contributed by atoms with E-state index in [1.165, 1.54) is 0 Å². The highest BCUT2D eigenvalue weighted by Gasteiger charge is 2.37. The van der Waals surface area contributed by atoms with E-state index in [1.54, 1.807) is 11.3 Å². The van der Waals surface area contributed by atoms with E-state index in [1.807, 2.05) is 23.6 Å². The Bertz CT molecular complexity index is 904. The summed E-state index contributed by atoms with van der Waals surface area (Å²) >= 11 is 1.57. The van der Waals surface area contributed by atoms with Crippen LogP contribution in [0, 0.1) is 0 Å². The molecule has 3 nitrogen and oxygen atoms in total. The van der Waals surface area contributed by atoms with E-state index in [-0.39, 0.29) is 6.61 Å². The van der Waals surface area contributed by atoms with Gasteiger partial charge in [-0.3, -0.25) is 0 Å². The minimum atomic E-state index is -0.571. The monoisotopic (exact) mass is 386 g/mol. The molecule has 0 amide bonds. The molecule has 0 radical (unpaired) electrons. The fourth-order valence-electron chi connectivity index (χ4n) is 3.54. The van der Waals surface area contributed by atoms with Crippen LogP contribution in [0.4, 0.5) is 5.13 Å². The first kappa shape index (κ1) is 18.4. The second kappa shape index (κ2) is 8.38. The number of hydrogen-bond donors (Lipinski definition) is 2. The third-order valence-corrected chi connectivity index (χ3v) is 5.64. The number of anilines is 1. The van der Waals surface area contributed by atoms with Gasteiger partial charge in [-0.05, 0) is 16.7 Å². The number of rotatable bonds is 7. The second-order valence-corrected chi connectivity index (χ2v) is 7.45. The molecule has 1 heterocycles. The van der Waals surface area contributed by atoms with Crippen molar-refractivity contribution in [3.63, 3.8) is 0 Å². The highest BCUT2D eigenvalue weighted by Crippen LogP contribution is 2.40. The fourth-order valence-corrected chi connectivity index (χ4v) is 4.34. The predicted molar refractivity (Wildman–Crippen MR) is 116 cm³/mol. The zero-order valence-corrected chi connectivity index (χ0v) is 16.3. The summed E-state index contributed by atoms with van der Waals surface area (Å²) in [5.74, 6) is 0. The van der Waals surface area contributed by atoms with Gasteiger partial charge in [-0.25, -0.2) is 4.98 Å². The first-order chi connectivity index (χ1) is 13.8. The van der Waals surface area contributed by atoms with Gasteiger partial charge >= 0.3 is 0 Å². The van der Waals surface area contributed by atoms with Gasteiger partial charge in [-0.2, -0.15) is 0 Å². The molecule has 0 saturated heterocycles. The second-order valence-electron chi connectivity index (χ2n) is 6.59. The third kappa shape index (κ3) is 3.57. The van der Waals surface area contributed by atoms with E-state index >= 15 is 0 Å². The molecule has 3 aromatic carbocycles. The fraction of sp³-hybridized carbons (Fsp3) is 0.125. The van der Waals surface area contributed by atoms with Crippen molar-refractivity contribution < 1.29 is 5.11 Å². The van der Waals surface area contributed by atoms with Crippen LogP contribution in [0.3, 0.4) is 0 Å². The molecule has 0 fully saturated rings. The normalized spacial score (nSPS) is 11.3. The van der Waals surface area contributed by atoms with Crippen LogP contribution in [0.2, 0.25) is 0 Å². The lowest BCUT2D eigenvalue weighted by Gasteiger charge is -2.36. The Morgan fingerprint density at radius 1 is 0.750 bits per heavy atom. The Morgan fingerprint density at radius 3 is 1.64 bits per heavy atom. The largest absolute Gasteiger partial charge is 0.396 e. The van der Waals surface area contributed by atoms with Crippen molar-refractivity contribution in [2.75, 3.05) is 11.9 Å². The van der Waals surface area contributed by atoms with E-state index < -0.39 is 5.54 Å². The summed E-state index contributed by atoms with van der Waals surface area (Å²) in [4.78, 5) is 4.71. The molecule has 0 saturated carbocycles. The molecule has 0 aliphatic rings. The van der Waals surface area contributed by atoms with Crippen LogP contribution in [0.25, 0.3) is 0 Å². The Labute approximate surface area is 169 Å². The van der Waals surface area contributed by atoms with Crippen LogP contribution >= 0.6 is 11.3 Å². The zero-order chi connectivity index (χ0) is 19.2. The molecule has 0 aliphatic carbocycles. The lowest BCUT2D eigenvalue weighted by atomic mass is 9.77. The highest BCUT2D eigenvalue weighted by molar-refractivity contribution is 7.13. The van der Waals surface area contributed by atoms with Crippen molar-refractivity contribution in [1.29, 1.82) is 0 Å². The van der Waals surface area contributed by atoms with Crippen LogP contribution in [0.15, 0.2) is 96.4 Å². The Kier molecular flexibility index (Phi) is 5.51. The molecular weight excluding hydrogens is 364 g/mol. The van der Waals surface area contributed by atoms with E-state index in [2.05, 4.69) is 78.1 Å². The molecule has 0 unspecified atom stereocenters. The molecule has 4 aromatic rings. The Balaban J connectivity index is 1.92. The molecule has 1 aromatic heterocycles. The molecule has 0 atom stereocenters. The predicted octanol–water partition coefficient (Wildman–Crippen LogP) is 5.08. The van der Waals surface area contributed by atoms with Gasteiger partial charge in [0.1, 0.15) is 5.54 Å². The van der Waals surface area contributed by atoms with Gasteiger partial charge in [0, 0.05) is 18.4 Å². The summed E-state index contributed by atoms with van der Waals surface area (Å²) in [5.41, 5.74) is 3.76. The Hall–Kier alpha value is -2.95. The molecular formula is C24H22N2OS. The molecule has 28 heavy (non-hydrogen) atoms. The first-order valence-electron chi connectivity index (χ1n) is 9.33. The number of aliphatic hydroxyl groups is 1. The minimum absolute atomic E-state index is 0.102. The number of thiazole rings is 1. The zero-order valence-electron chi connectivity index (χ0n) is 15.5. The van der Waals surface area contributed by atoms with Gasteiger partial charge in [0.2, 0.25) is 0 Å². The molecule has 0 aliphatic heterocycles. The number of nitrogens with zero attached hydrogens (tertiary/aromatic N) is 1. The van der Waals surface area contributed by atoms with Crippen molar-refractivity contribution >= 4 is 16.5 Å². The van der Waals surface area contributed by atoms with Crippen molar-refractivity contribution in [1.82, 2.24) is 4.98 Å². The molecule has 0 spiro atoms. The van der Waals surface area contributed by atoms with Gasteiger partial charge in [-0.1, -0.05) is 91.0 Å². The summed E-state index contributed by atoms with van der Waals surface area (Å²) in [6.07, 6.45) is 0.563. The van der Waals surface area contributed by atoms with Gasteiger partial charge in [0.05, 0.1) is 5.69 Å². The standard InChI is InChI=1S/C24H22N2OS/c27-17-16-22-18-28-23(25-22)26-24(19-10-4-1-5-11-19,20-12-6-2-7-13-20)21-14-8-3-9-15-21/h1-15,18,27H,16-17H2,(H,25,26). The number of aliphatic hydroxyl groups excluding tert-OH is 1. The topological polar surface area (TPSA) is 45.1 Å². The summed E-state index contributed by atoms with van der Waals surface area (Å²) in [7, 11) is 0. The van der Waals surface area contributed by atoms with Crippen LogP contribution in [0.1, 0.15) is 22.4 Å². The number of nitrogens with one attached hydrogen (secondary N) is 1. The van der Waals surface area contributed by atoms with Crippen LogP contribution < -0.4 is 5.32 Å². The van der Waals surface area contributed by atoms with Gasteiger partial charge in [-0.15, -0.1) is 11.3 Å². The molecule has 4 rings (SSSR count). The summed E-state index contributed by atoms with van der Waals surface area (Å²) in [5, 5.41) is 15.8. The quantitative estimate of drug-likeness (QED) is 0.435. The van der Waals surface area contributed by atoms with Crippen LogP contribution in [-0.2, 0) is 12.0 Å². The van der Waals surface area contributed by atoms with E-state index in [0.29, 0.717) is 6.42 Å². The van der Waals surface area contributed by atoms with Gasteiger partial charge in [0.15, 0.2) is 5.13 Å². The molecule has 4 heteroatoms. The lowest BCUT2D eigenvalue weighted by molar-refractivity contribution is 0.298. The summed E-state index contributed by atoms with van der Waals surface area (Å²) in [6, 6.07) is 31.4. The molecule has 140 valence electrons. The maximum atomic E-state index is 9.24. The third-order valence-electron chi connectivity index (χ3n) is 4.83. The van der Waals surface area contributed by atoms with E-state index in [0.717, 1.165) is 27.5 Å². The first-order valence-corrected chi connectivity index (χ1v) is 10.2. The Morgan fingerprint density at radius 2 is 1.21 bits per heavy atom. The minimum Gasteiger partial charge on any atom is -0.396 e. The summed E-state index contributed by atoms with van der Waals surface area (Å²) in [6.45, 7) is 0.102. The average molecular weight is 387 g/mol. The van der Waals surface area contributed by atoms with E-state index in [9.17, 15) is 5.11 Å². The van der Waals surface area contributed by atoms with Crippen molar-refractivity contribution in [2.45, 2.75) is 12.0 Å². The summed E-state index contributed by atoms with van der Waals surface area (Å²) < 4.78 is 0. The maximum absolute atomic E-state index is 9.24. The molecule has 0 bridgehead atoms. The number of benzene rings is 3. The SMILES string of the molecule is OCCc1csc(NC(c2ccccc2)(c2ccccc2)c2ccccc2)n1. The van der Waals surface area contributed by atoms with Crippen molar-refractivity contribution in [3.05, 3.63) is 119 Å². The van der Waals surface area contributed by atoms with Crippen LogP contribution in [-0.4, -0.2) is 16.7 Å². The van der Waals surface area contributed by atoms with Crippen LogP contribution in [0.5, 0.6) is 0 Å².